The molecule has 6 nitrogen and oxygen atoms in total. The maximum absolute atomic E-state index is 15.0. The summed E-state index contributed by atoms with van der Waals surface area (Å²) in [5.41, 5.74) is 2.48. The van der Waals surface area contributed by atoms with Crippen molar-refractivity contribution in [1.29, 1.82) is 0 Å². The summed E-state index contributed by atoms with van der Waals surface area (Å²) >= 11 is 3.43. The van der Waals surface area contributed by atoms with E-state index in [4.69, 9.17) is 0 Å². The van der Waals surface area contributed by atoms with Gasteiger partial charge in [0.1, 0.15) is 5.75 Å². The van der Waals surface area contributed by atoms with Gasteiger partial charge in [0.15, 0.2) is 11.6 Å². The fraction of sp³-hybridized carbons (Fsp3) is 0.200. The van der Waals surface area contributed by atoms with Gasteiger partial charge in [-0.1, -0.05) is 100 Å². The van der Waals surface area contributed by atoms with Crippen molar-refractivity contribution < 1.29 is 24.3 Å². The molecule has 0 radical (unpaired) electrons. The highest BCUT2D eigenvalue weighted by Crippen LogP contribution is 2.63. The average molecular weight is 685 g/mol. The number of anilines is 1. The Kier molecular flexibility index (Phi) is 6.99. The number of phenols is 1. The highest BCUT2D eigenvalue weighted by Gasteiger charge is 2.66. The Morgan fingerprint density at radius 3 is 2.17 bits per heavy atom. The molecular formula is C40H30BrNO5. The summed E-state index contributed by atoms with van der Waals surface area (Å²) in [5.74, 6) is -4.04. The number of allylic oxidation sites excluding steroid dienone is 4. The molecule has 2 fully saturated rings. The van der Waals surface area contributed by atoms with Gasteiger partial charge in [-0.25, -0.2) is 0 Å². The van der Waals surface area contributed by atoms with Crippen LogP contribution in [0.25, 0.3) is 5.57 Å². The minimum absolute atomic E-state index is 0.0438. The molecule has 0 unspecified atom stereocenters. The molecule has 7 heteroatoms. The Hall–Kier alpha value is -4.88. The average Bonchev–Trinajstić information content (AvgIpc) is 3.35. The number of hydrogen-bond donors (Lipinski definition) is 1. The predicted octanol–water partition coefficient (Wildman–Crippen LogP) is 7.18. The van der Waals surface area contributed by atoms with E-state index >= 15 is 0 Å². The number of benzene rings is 4. The number of amides is 2. The van der Waals surface area contributed by atoms with Crippen molar-refractivity contribution in [3.63, 3.8) is 0 Å². The third kappa shape index (κ3) is 4.36. The molecule has 8 rings (SSSR count). The number of fused-ring (bicyclic) bond motifs is 4. The maximum atomic E-state index is 15.0. The van der Waals surface area contributed by atoms with Gasteiger partial charge in [0.2, 0.25) is 11.8 Å². The van der Waals surface area contributed by atoms with E-state index in [2.05, 4.69) is 15.9 Å². The Morgan fingerprint density at radius 2 is 1.47 bits per heavy atom. The number of phenolic OH excluding ortho intramolecular Hbond substituents is 1. The van der Waals surface area contributed by atoms with Crippen molar-refractivity contribution in [3.05, 3.63) is 148 Å². The number of rotatable bonds is 4. The molecule has 1 saturated heterocycles. The molecule has 6 atom stereocenters. The quantitative estimate of drug-likeness (QED) is 0.182. The summed E-state index contributed by atoms with van der Waals surface area (Å²) in [5, 5.41) is 10.7. The first-order chi connectivity index (χ1) is 22.8. The lowest BCUT2D eigenvalue weighted by Crippen LogP contribution is -2.58. The number of imide groups is 1. The van der Waals surface area contributed by atoms with Gasteiger partial charge < -0.3 is 5.11 Å². The summed E-state index contributed by atoms with van der Waals surface area (Å²) in [4.78, 5) is 59.5. The molecule has 0 spiro atoms. The third-order valence-electron chi connectivity index (χ3n) is 10.7. The van der Waals surface area contributed by atoms with Crippen molar-refractivity contribution in [3.8, 4) is 5.75 Å². The van der Waals surface area contributed by atoms with E-state index in [1.807, 2.05) is 72.8 Å². The van der Waals surface area contributed by atoms with Gasteiger partial charge in [-0.15, -0.1) is 0 Å². The lowest BCUT2D eigenvalue weighted by Gasteiger charge is -2.55. The van der Waals surface area contributed by atoms with Crippen molar-refractivity contribution in [2.75, 3.05) is 4.90 Å². The first kappa shape index (κ1) is 29.5. The number of nitrogens with zero attached hydrogens (tertiary/aromatic N) is 1. The molecule has 0 aromatic heterocycles. The van der Waals surface area contributed by atoms with Crippen LogP contribution in [0, 0.1) is 23.7 Å². The molecule has 4 aromatic carbocycles. The van der Waals surface area contributed by atoms with Crippen molar-refractivity contribution in [2.24, 2.45) is 23.7 Å². The van der Waals surface area contributed by atoms with Crippen molar-refractivity contribution >= 4 is 50.6 Å². The minimum Gasteiger partial charge on any atom is -0.508 e. The number of carbonyl (C=O) groups excluding carboxylic acids is 4. The van der Waals surface area contributed by atoms with Crippen LogP contribution in [0.5, 0.6) is 5.75 Å². The Morgan fingerprint density at radius 1 is 0.766 bits per heavy atom. The number of hydrogen-bond acceptors (Lipinski definition) is 5. The zero-order chi connectivity index (χ0) is 32.4. The number of ketones is 2. The van der Waals surface area contributed by atoms with Gasteiger partial charge in [-0.3, -0.25) is 24.1 Å². The first-order valence-corrected chi connectivity index (χ1v) is 16.6. The second kappa shape index (κ2) is 11.1. The molecule has 232 valence electrons. The highest BCUT2D eigenvalue weighted by atomic mass is 79.9. The monoisotopic (exact) mass is 683 g/mol. The molecule has 1 heterocycles. The van der Waals surface area contributed by atoms with Gasteiger partial charge in [-0.05, 0) is 77.9 Å². The van der Waals surface area contributed by atoms with E-state index in [0.29, 0.717) is 34.4 Å². The molecule has 2 amide bonds. The molecule has 47 heavy (non-hydrogen) atoms. The van der Waals surface area contributed by atoms with Crippen LogP contribution in [0.1, 0.15) is 35.4 Å². The summed E-state index contributed by atoms with van der Waals surface area (Å²) in [6.45, 7) is 0. The minimum atomic E-state index is -1.32. The Labute approximate surface area is 280 Å². The first-order valence-electron chi connectivity index (χ1n) is 15.8. The van der Waals surface area contributed by atoms with E-state index in [0.717, 1.165) is 10.0 Å². The molecule has 0 bridgehead atoms. The smallest absolute Gasteiger partial charge is 0.238 e. The number of carbonyl (C=O) groups is 4. The molecule has 3 aliphatic carbocycles. The predicted molar refractivity (Wildman–Crippen MR) is 181 cm³/mol. The van der Waals surface area contributed by atoms with E-state index in [1.54, 1.807) is 42.5 Å². The largest absolute Gasteiger partial charge is 0.508 e. The molecule has 4 aromatic rings. The zero-order valence-electron chi connectivity index (χ0n) is 25.3. The van der Waals surface area contributed by atoms with Gasteiger partial charge >= 0.3 is 0 Å². The second-order valence-electron chi connectivity index (χ2n) is 12.9. The fourth-order valence-electron chi connectivity index (χ4n) is 8.80. The number of aromatic hydroxyl groups is 1. The van der Waals surface area contributed by atoms with Crippen LogP contribution in [0.4, 0.5) is 5.69 Å². The topological polar surface area (TPSA) is 91.8 Å². The van der Waals surface area contributed by atoms with Gasteiger partial charge in [0.25, 0.3) is 0 Å². The third-order valence-corrected chi connectivity index (χ3v) is 11.2. The van der Waals surface area contributed by atoms with Crippen LogP contribution < -0.4 is 4.90 Å². The molecule has 1 saturated carbocycles. The fourth-order valence-corrected chi connectivity index (χ4v) is 9.06. The molecular weight excluding hydrogens is 654 g/mol. The van der Waals surface area contributed by atoms with Crippen LogP contribution in [-0.2, 0) is 24.6 Å². The van der Waals surface area contributed by atoms with Gasteiger partial charge in [0, 0.05) is 21.9 Å². The Balaban J connectivity index is 1.35. The van der Waals surface area contributed by atoms with Crippen LogP contribution in [0.3, 0.4) is 0 Å². The zero-order valence-corrected chi connectivity index (χ0v) is 26.8. The maximum Gasteiger partial charge on any atom is 0.238 e. The SMILES string of the molecule is O=C1C(c2ccccc2)=CC(=O)[C@@]2(c3ccccc3)[C@@H](c3cccc(O)c3)C3=CC[C@@H]4C(=O)N(c5ccc(Br)cc5)C(=O)[C@@H]4[C@@H]3C[C@@H]12. The molecule has 4 aliphatic rings. The molecule has 1 N–H and O–H groups in total. The van der Waals surface area contributed by atoms with E-state index < -0.39 is 35.0 Å². The molecule has 1 aliphatic heterocycles. The van der Waals surface area contributed by atoms with Crippen molar-refractivity contribution in [2.45, 2.75) is 24.2 Å². The lowest BCUT2D eigenvalue weighted by molar-refractivity contribution is -0.135. The van der Waals surface area contributed by atoms with Crippen LogP contribution in [0.15, 0.2) is 131 Å². The van der Waals surface area contributed by atoms with E-state index in [1.165, 1.54) is 11.0 Å². The summed E-state index contributed by atoms with van der Waals surface area (Å²) in [6.07, 6.45) is 4.11. The summed E-state index contributed by atoms with van der Waals surface area (Å²) in [6, 6.07) is 32.6. The van der Waals surface area contributed by atoms with Gasteiger partial charge in [-0.2, -0.15) is 0 Å². The van der Waals surface area contributed by atoms with Gasteiger partial charge in [0.05, 0.1) is 22.9 Å². The second-order valence-corrected chi connectivity index (χ2v) is 13.8. The number of Topliss-reactive ketones (excluding diaryl/α,β-unsaturated/α-hetero) is 1. The van der Waals surface area contributed by atoms with Crippen LogP contribution >= 0.6 is 15.9 Å². The van der Waals surface area contributed by atoms with E-state index in [-0.39, 0.29) is 35.6 Å². The van der Waals surface area contributed by atoms with E-state index in [9.17, 15) is 24.3 Å². The normalized spacial score (nSPS) is 28.3. The standard InChI is InChI=1S/C40H30BrNO5/c41-26-14-16-27(17-15-26)42-38(46)30-19-18-29-32(35(30)39(42)47)21-33-37(45)31(23-8-3-1-4-9-23)22-34(44)40(33,25-11-5-2-6-12-25)36(29)24-10-7-13-28(43)20-24/h1-18,20,22,30,32-33,35-36,43H,19,21H2/t30-,32+,33-,35-,36-,40-/m0/s1. The highest BCUT2D eigenvalue weighted by molar-refractivity contribution is 9.10. The Bertz CT molecular complexity index is 2020. The van der Waals surface area contributed by atoms with Crippen LogP contribution in [-0.4, -0.2) is 28.5 Å². The van der Waals surface area contributed by atoms with Crippen LogP contribution in [0.2, 0.25) is 0 Å². The summed E-state index contributed by atoms with van der Waals surface area (Å²) < 4.78 is 0.836. The lowest BCUT2D eigenvalue weighted by atomic mass is 9.44. The summed E-state index contributed by atoms with van der Waals surface area (Å²) in [7, 11) is 0. The van der Waals surface area contributed by atoms with Crippen molar-refractivity contribution in [1.82, 2.24) is 0 Å². The number of halogens is 1.